The number of ether oxygens (including phenoxy) is 1. The number of aryl methyl sites for hydroxylation is 1. The van der Waals surface area contributed by atoms with Crippen molar-refractivity contribution >= 4 is 10.0 Å². The van der Waals surface area contributed by atoms with Gasteiger partial charge in [0.2, 0.25) is 10.0 Å². The summed E-state index contributed by atoms with van der Waals surface area (Å²) in [7, 11) is -3.41. The normalized spacial score (nSPS) is 20.4. The first-order valence-electron chi connectivity index (χ1n) is 8.25. The lowest BCUT2D eigenvalue weighted by Crippen LogP contribution is -2.36. The molecule has 2 aromatic rings. The van der Waals surface area contributed by atoms with Gasteiger partial charge in [0.25, 0.3) is 5.89 Å². The van der Waals surface area contributed by atoms with Gasteiger partial charge in [-0.1, -0.05) is 17.3 Å². The Morgan fingerprint density at radius 3 is 2.62 bits per heavy atom. The monoisotopic (exact) mass is 376 g/mol. The van der Waals surface area contributed by atoms with E-state index in [0.717, 1.165) is 5.56 Å². The van der Waals surface area contributed by atoms with Crippen LogP contribution in [0.5, 0.6) is 0 Å². The molecule has 0 unspecified atom stereocenters. The Labute approximate surface area is 152 Å². The highest BCUT2D eigenvalue weighted by Gasteiger charge is 2.33. The average Bonchev–Trinajstić information content (AvgIpc) is 3.23. The van der Waals surface area contributed by atoms with E-state index in [0.29, 0.717) is 30.1 Å². The Bertz CT molecular complexity index is 902. The zero-order chi connectivity index (χ0) is 18.7. The molecule has 1 saturated heterocycles. The molecule has 1 aromatic heterocycles. The van der Waals surface area contributed by atoms with E-state index in [2.05, 4.69) is 10.1 Å². The van der Waals surface area contributed by atoms with Crippen LogP contribution in [0.3, 0.4) is 0 Å². The van der Waals surface area contributed by atoms with E-state index in [9.17, 15) is 8.42 Å². The Kier molecular flexibility index (Phi) is 5.36. The van der Waals surface area contributed by atoms with Gasteiger partial charge in [-0.15, -0.1) is 0 Å². The van der Waals surface area contributed by atoms with Gasteiger partial charge in [-0.3, -0.25) is 0 Å². The predicted octanol–water partition coefficient (Wildman–Crippen LogP) is 1.93. The van der Waals surface area contributed by atoms with Crippen LogP contribution in [0.15, 0.2) is 28.8 Å². The minimum Gasteiger partial charge on any atom is -0.364 e. The molecule has 1 aromatic carbocycles. The number of nitriles is 1. The van der Waals surface area contributed by atoms with Crippen LogP contribution in [0, 0.1) is 18.3 Å². The summed E-state index contributed by atoms with van der Waals surface area (Å²) < 4.78 is 36.8. The van der Waals surface area contributed by atoms with Gasteiger partial charge >= 0.3 is 0 Å². The second-order valence-corrected chi connectivity index (χ2v) is 8.35. The molecule has 0 radical (unpaired) electrons. The molecule has 9 heteroatoms. The first-order chi connectivity index (χ1) is 12.3. The lowest BCUT2D eigenvalue weighted by Gasteiger charge is -2.23. The summed E-state index contributed by atoms with van der Waals surface area (Å²) in [5, 5.41) is 12.6. The average molecular weight is 376 g/mol. The largest absolute Gasteiger partial charge is 0.364 e. The molecule has 0 aliphatic carbocycles. The fourth-order valence-electron chi connectivity index (χ4n) is 2.90. The molecule has 2 atom stereocenters. The van der Waals surface area contributed by atoms with Crippen LogP contribution in [0.4, 0.5) is 0 Å². The van der Waals surface area contributed by atoms with Crippen LogP contribution in [-0.2, 0) is 21.3 Å². The standard InChI is InChI=1S/C17H20N4O4S/c1-12-19-17(25-20-12)16-8-7-15(24-16)11-21(26(2,22)23)10-14-5-3-13(9-18)4-6-14/h3-6,15-16H,7-8,10-11H2,1-2H3/t15-,16+/m1/s1. The zero-order valence-corrected chi connectivity index (χ0v) is 15.4. The van der Waals surface area contributed by atoms with Gasteiger partial charge in [0, 0.05) is 13.1 Å². The topological polar surface area (TPSA) is 109 Å². The van der Waals surface area contributed by atoms with E-state index < -0.39 is 10.0 Å². The highest BCUT2D eigenvalue weighted by atomic mass is 32.2. The fourth-order valence-corrected chi connectivity index (χ4v) is 3.72. The van der Waals surface area contributed by atoms with Gasteiger partial charge in [-0.05, 0) is 37.5 Å². The summed E-state index contributed by atoms with van der Waals surface area (Å²) in [6.07, 6.45) is 2.08. The highest BCUT2D eigenvalue weighted by molar-refractivity contribution is 7.88. The van der Waals surface area contributed by atoms with Crippen LogP contribution in [0.2, 0.25) is 0 Å². The number of sulfonamides is 1. The van der Waals surface area contributed by atoms with Crippen molar-refractivity contribution in [1.29, 1.82) is 5.26 Å². The molecule has 3 rings (SSSR count). The summed E-state index contributed by atoms with van der Waals surface area (Å²) >= 11 is 0. The first-order valence-corrected chi connectivity index (χ1v) is 10.1. The van der Waals surface area contributed by atoms with Gasteiger partial charge in [-0.25, -0.2) is 8.42 Å². The maximum absolute atomic E-state index is 12.2. The molecule has 0 saturated carbocycles. The van der Waals surface area contributed by atoms with Crippen LogP contribution in [0.25, 0.3) is 0 Å². The zero-order valence-electron chi connectivity index (χ0n) is 14.6. The van der Waals surface area contributed by atoms with E-state index in [1.807, 2.05) is 6.07 Å². The first kappa shape index (κ1) is 18.5. The van der Waals surface area contributed by atoms with E-state index in [1.54, 1.807) is 31.2 Å². The van der Waals surface area contributed by atoms with Crippen LogP contribution >= 0.6 is 0 Å². The number of hydrogen-bond donors (Lipinski definition) is 0. The highest BCUT2D eigenvalue weighted by Crippen LogP contribution is 2.32. The van der Waals surface area contributed by atoms with E-state index in [1.165, 1.54) is 10.6 Å². The second kappa shape index (κ2) is 7.53. The van der Waals surface area contributed by atoms with Crippen LogP contribution in [-0.4, -0.2) is 41.8 Å². The number of rotatable bonds is 6. The van der Waals surface area contributed by atoms with E-state index >= 15 is 0 Å². The predicted molar refractivity (Wildman–Crippen MR) is 92.3 cm³/mol. The maximum atomic E-state index is 12.2. The molecule has 138 valence electrons. The molecular formula is C17H20N4O4S. The van der Waals surface area contributed by atoms with Gasteiger partial charge in [0.15, 0.2) is 5.82 Å². The van der Waals surface area contributed by atoms with Gasteiger partial charge in [0.05, 0.1) is 24.0 Å². The summed E-state index contributed by atoms with van der Waals surface area (Å²) in [6, 6.07) is 8.92. The minimum atomic E-state index is -3.41. The van der Waals surface area contributed by atoms with Gasteiger partial charge < -0.3 is 9.26 Å². The summed E-state index contributed by atoms with van der Waals surface area (Å²) in [5.74, 6) is 0.980. The molecule has 0 spiro atoms. The number of aromatic nitrogens is 2. The fraction of sp³-hybridized carbons (Fsp3) is 0.471. The van der Waals surface area contributed by atoms with Crippen molar-refractivity contribution in [2.24, 2.45) is 0 Å². The molecular weight excluding hydrogens is 356 g/mol. The van der Waals surface area contributed by atoms with E-state index in [-0.39, 0.29) is 25.3 Å². The molecule has 1 aliphatic rings. The van der Waals surface area contributed by atoms with Gasteiger partial charge in [-0.2, -0.15) is 14.6 Å². The number of benzene rings is 1. The molecule has 0 N–H and O–H groups in total. The molecule has 1 aliphatic heterocycles. The summed E-state index contributed by atoms with van der Waals surface area (Å²) in [6.45, 7) is 2.22. The quantitative estimate of drug-likeness (QED) is 0.757. The Morgan fingerprint density at radius 1 is 1.31 bits per heavy atom. The lowest BCUT2D eigenvalue weighted by atomic mass is 10.1. The third-order valence-electron chi connectivity index (χ3n) is 4.24. The van der Waals surface area contributed by atoms with E-state index in [4.69, 9.17) is 14.5 Å². The van der Waals surface area contributed by atoms with Crippen molar-refractivity contribution in [2.75, 3.05) is 12.8 Å². The molecule has 2 heterocycles. The molecule has 1 fully saturated rings. The van der Waals surface area contributed by atoms with Gasteiger partial charge in [0.1, 0.15) is 6.10 Å². The second-order valence-electron chi connectivity index (χ2n) is 6.37. The lowest BCUT2D eigenvalue weighted by molar-refractivity contribution is 0.0172. The third-order valence-corrected chi connectivity index (χ3v) is 5.46. The smallest absolute Gasteiger partial charge is 0.255 e. The molecule has 0 bridgehead atoms. The number of nitrogens with zero attached hydrogens (tertiary/aromatic N) is 4. The Hall–Kier alpha value is -2.28. The Morgan fingerprint density at radius 2 is 2.04 bits per heavy atom. The van der Waals surface area contributed by atoms with Crippen molar-refractivity contribution < 1.29 is 17.7 Å². The molecule has 0 amide bonds. The van der Waals surface area contributed by atoms with Crippen LogP contribution in [0.1, 0.15) is 41.8 Å². The third kappa shape index (κ3) is 4.46. The summed E-state index contributed by atoms with van der Waals surface area (Å²) in [4.78, 5) is 4.18. The van der Waals surface area contributed by atoms with Crippen molar-refractivity contribution in [1.82, 2.24) is 14.4 Å². The van der Waals surface area contributed by atoms with Crippen molar-refractivity contribution in [3.63, 3.8) is 0 Å². The van der Waals surface area contributed by atoms with Crippen molar-refractivity contribution in [3.05, 3.63) is 47.1 Å². The van der Waals surface area contributed by atoms with Crippen molar-refractivity contribution in [2.45, 2.75) is 38.5 Å². The van der Waals surface area contributed by atoms with Crippen LogP contribution < -0.4 is 0 Å². The van der Waals surface area contributed by atoms with Crippen molar-refractivity contribution in [3.8, 4) is 6.07 Å². The SMILES string of the molecule is Cc1noc([C@@H]2CC[C@H](CN(Cc3ccc(C#N)cc3)S(C)(=O)=O)O2)n1. The number of hydrogen-bond acceptors (Lipinski definition) is 7. The minimum absolute atomic E-state index is 0.231. The Balaban J connectivity index is 1.66. The maximum Gasteiger partial charge on any atom is 0.255 e. The molecule has 26 heavy (non-hydrogen) atoms. The summed E-state index contributed by atoms with van der Waals surface area (Å²) in [5.41, 5.74) is 1.35. The molecule has 8 nitrogen and oxygen atoms in total.